The summed E-state index contributed by atoms with van der Waals surface area (Å²) in [6, 6.07) is 4.86. The molecule has 3 rings (SSSR count). The van der Waals surface area contributed by atoms with Crippen LogP contribution in [-0.2, 0) is 6.54 Å². The SMILES string of the molecule is Cc1cc2ncn(CC(O)CN(C)C(C)C3CC3)c2cc1C. The summed E-state index contributed by atoms with van der Waals surface area (Å²) in [5.41, 5.74) is 4.65. The van der Waals surface area contributed by atoms with Gasteiger partial charge in [-0.25, -0.2) is 4.98 Å². The largest absolute Gasteiger partial charge is 0.390 e. The Morgan fingerprint density at radius 2 is 2.00 bits per heavy atom. The van der Waals surface area contributed by atoms with Crippen molar-refractivity contribution in [1.29, 1.82) is 0 Å². The van der Waals surface area contributed by atoms with Crippen LogP contribution >= 0.6 is 0 Å². The lowest BCUT2D eigenvalue weighted by molar-refractivity contribution is 0.0900. The molecule has 1 aromatic carbocycles. The van der Waals surface area contributed by atoms with Gasteiger partial charge in [-0.15, -0.1) is 0 Å². The van der Waals surface area contributed by atoms with Crippen molar-refractivity contribution >= 4 is 11.0 Å². The third-order valence-electron chi connectivity index (χ3n) is 5.14. The number of rotatable bonds is 6. The van der Waals surface area contributed by atoms with Gasteiger partial charge in [-0.2, -0.15) is 0 Å². The highest BCUT2D eigenvalue weighted by atomic mass is 16.3. The highest BCUT2D eigenvalue weighted by Crippen LogP contribution is 2.34. The topological polar surface area (TPSA) is 41.3 Å². The number of aryl methyl sites for hydroxylation is 2. The Morgan fingerprint density at radius 1 is 1.32 bits per heavy atom. The van der Waals surface area contributed by atoms with Crippen LogP contribution < -0.4 is 0 Å². The molecule has 4 heteroatoms. The first-order valence-electron chi connectivity index (χ1n) is 8.26. The van der Waals surface area contributed by atoms with E-state index in [0.717, 1.165) is 17.0 Å². The van der Waals surface area contributed by atoms with Crippen LogP contribution in [0.5, 0.6) is 0 Å². The minimum atomic E-state index is -0.370. The monoisotopic (exact) mass is 301 g/mol. The molecule has 2 atom stereocenters. The van der Waals surface area contributed by atoms with Crippen LogP contribution in [0.3, 0.4) is 0 Å². The third-order valence-corrected chi connectivity index (χ3v) is 5.14. The van der Waals surface area contributed by atoms with Gasteiger partial charge in [0.05, 0.1) is 30.0 Å². The van der Waals surface area contributed by atoms with E-state index in [1.54, 1.807) is 0 Å². The minimum Gasteiger partial charge on any atom is -0.390 e. The first-order valence-corrected chi connectivity index (χ1v) is 8.26. The van der Waals surface area contributed by atoms with Crippen LogP contribution in [-0.4, -0.2) is 45.3 Å². The molecule has 1 heterocycles. The summed E-state index contributed by atoms with van der Waals surface area (Å²) in [4.78, 5) is 6.75. The molecule has 1 aliphatic rings. The summed E-state index contributed by atoms with van der Waals surface area (Å²) >= 11 is 0. The highest BCUT2D eigenvalue weighted by Gasteiger charge is 2.31. The van der Waals surface area contributed by atoms with Gasteiger partial charge in [-0.3, -0.25) is 0 Å². The van der Waals surface area contributed by atoms with Crippen molar-refractivity contribution in [3.8, 4) is 0 Å². The van der Waals surface area contributed by atoms with Crippen molar-refractivity contribution in [2.24, 2.45) is 5.92 Å². The second-order valence-corrected chi connectivity index (χ2v) is 6.99. The summed E-state index contributed by atoms with van der Waals surface area (Å²) in [5, 5.41) is 10.4. The van der Waals surface area contributed by atoms with Gasteiger partial charge in [0.25, 0.3) is 0 Å². The Balaban J connectivity index is 1.68. The van der Waals surface area contributed by atoms with Crippen LogP contribution in [0.15, 0.2) is 18.5 Å². The molecule has 1 saturated carbocycles. The minimum absolute atomic E-state index is 0.370. The number of fused-ring (bicyclic) bond motifs is 1. The van der Waals surface area contributed by atoms with E-state index in [1.807, 2.05) is 6.33 Å². The molecule has 1 fully saturated rings. The normalized spacial score (nSPS) is 18.1. The molecular weight excluding hydrogens is 274 g/mol. The molecule has 1 aromatic heterocycles. The summed E-state index contributed by atoms with van der Waals surface area (Å²) in [7, 11) is 2.12. The Hall–Kier alpha value is -1.39. The van der Waals surface area contributed by atoms with Crippen molar-refractivity contribution in [3.05, 3.63) is 29.6 Å². The fourth-order valence-corrected chi connectivity index (χ4v) is 3.18. The molecule has 0 bridgehead atoms. The number of benzene rings is 1. The average molecular weight is 301 g/mol. The molecule has 1 N–H and O–H groups in total. The number of hydrogen-bond donors (Lipinski definition) is 1. The number of aromatic nitrogens is 2. The summed E-state index contributed by atoms with van der Waals surface area (Å²) in [6.07, 6.45) is 4.15. The molecule has 4 nitrogen and oxygen atoms in total. The lowest BCUT2D eigenvalue weighted by Crippen LogP contribution is -2.38. The standard InChI is InChI=1S/C18H27N3O/c1-12-7-17-18(8-13(12)2)21(11-19-17)10-16(22)9-20(4)14(3)15-5-6-15/h7-8,11,14-16,22H,5-6,9-10H2,1-4H3. The Bertz CT molecular complexity index is 660. The Kier molecular flexibility index (Phi) is 4.24. The van der Waals surface area contributed by atoms with Crippen LogP contribution in [0.25, 0.3) is 11.0 Å². The summed E-state index contributed by atoms with van der Waals surface area (Å²) in [6.45, 7) is 7.80. The number of aliphatic hydroxyl groups is 1. The van der Waals surface area contributed by atoms with E-state index in [1.165, 1.54) is 24.0 Å². The lowest BCUT2D eigenvalue weighted by atomic mass is 10.1. The number of hydrogen-bond acceptors (Lipinski definition) is 3. The molecule has 0 amide bonds. The van der Waals surface area contributed by atoms with Crippen molar-refractivity contribution < 1.29 is 5.11 Å². The first-order chi connectivity index (χ1) is 10.5. The number of imidazole rings is 1. The van der Waals surface area contributed by atoms with Gasteiger partial charge < -0.3 is 14.6 Å². The molecule has 0 spiro atoms. The number of nitrogens with zero attached hydrogens (tertiary/aromatic N) is 3. The zero-order valence-electron chi connectivity index (χ0n) is 14.1. The highest BCUT2D eigenvalue weighted by molar-refractivity contribution is 5.77. The molecule has 2 aromatic rings. The maximum atomic E-state index is 10.4. The number of aliphatic hydroxyl groups excluding tert-OH is 1. The molecule has 120 valence electrons. The van der Waals surface area contributed by atoms with E-state index < -0.39 is 0 Å². The fourth-order valence-electron chi connectivity index (χ4n) is 3.18. The first kappa shape index (κ1) is 15.5. The van der Waals surface area contributed by atoms with E-state index in [9.17, 15) is 5.11 Å². The van der Waals surface area contributed by atoms with E-state index in [0.29, 0.717) is 19.1 Å². The fraction of sp³-hybridized carbons (Fsp3) is 0.611. The van der Waals surface area contributed by atoms with Crippen molar-refractivity contribution in [1.82, 2.24) is 14.5 Å². The smallest absolute Gasteiger partial charge is 0.0959 e. The maximum Gasteiger partial charge on any atom is 0.0959 e. The third kappa shape index (κ3) is 3.18. The molecule has 1 aliphatic carbocycles. The van der Waals surface area contributed by atoms with Gasteiger partial charge in [0.2, 0.25) is 0 Å². The Morgan fingerprint density at radius 3 is 2.68 bits per heavy atom. The lowest BCUT2D eigenvalue weighted by Gasteiger charge is -2.27. The summed E-state index contributed by atoms with van der Waals surface area (Å²) < 4.78 is 2.07. The van der Waals surface area contributed by atoms with Gasteiger partial charge in [-0.05, 0) is 69.8 Å². The average Bonchev–Trinajstić information content (AvgIpc) is 3.25. The van der Waals surface area contributed by atoms with E-state index in [2.05, 4.69) is 54.4 Å². The molecule has 0 saturated heterocycles. The maximum absolute atomic E-state index is 10.4. The predicted molar refractivity (Wildman–Crippen MR) is 90.0 cm³/mol. The van der Waals surface area contributed by atoms with Crippen molar-refractivity contribution in [2.45, 2.75) is 52.3 Å². The van der Waals surface area contributed by atoms with Crippen LogP contribution in [0.2, 0.25) is 0 Å². The molecule has 2 unspecified atom stereocenters. The molecular formula is C18H27N3O. The van der Waals surface area contributed by atoms with E-state index >= 15 is 0 Å². The van der Waals surface area contributed by atoms with Gasteiger partial charge in [0.15, 0.2) is 0 Å². The van der Waals surface area contributed by atoms with Gasteiger partial charge in [0.1, 0.15) is 0 Å². The van der Waals surface area contributed by atoms with Crippen LogP contribution in [0.4, 0.5) is 0 Å². The van der Waals surface area contributed by atoms with Crippen molar-refractivity contribution in [2.75, 3.05) is 13.6 Å². The second-order valence-electron chi connectivity index (χ2n) is 6.99. The number of likely N-dealkylation sites (N-methyl/N-ethyl adjacent to an activating group) is 1. The second kappa shape index (κ2) is 6.01. The Labute approximate surface area is 132 Å². The molecule has 0 radical (unpaired) electrons. The summed E-state index contributed by atoms with van der Waals surface area (Å²) in [5.74, 6) is 0.830. The zero-order chi connectivity index (χ0) is 15.9. The molecule has 22 heavy (non-hydrogen) atoms. The van der Waals surface area contributed by atoms with Gasteiger partial charge in [0, 0.05) is 12.6 Å². The van der Waals surface area contributed by atoms with Crippen LogP contribution in [0.1, 0.15) is 30.9 Å². The predicted octanol–water partition coefficient (Wildman–Crippen LogP) is 2.74. The van der Waals surface area contributed by atoms with Gasteiger partial charge >= 0.3 is 0 Å². The van der Waals surface area contributed by atoms with E-state index in [4.69, 9.17) is 0 Å². The quantitative estimate of drug-likeness (QED) is 0.892. The van der Waals surface area contributed by atoms with Crippen LogP contribution in [0, 0.1) is 19.8 Å². The van der Waals surface area contributed by atoms with Gasteiger partial charge in [-0.1, -0.05) is 0 Å². The zero-order valence-corrected chi connectivity index (χ0v) is 14.1. The van der Waals surface area contributed by atoms with Crippen molar-refractivity contribution in [3.63, 3.8) is 0 Å². The van der Waals surface area contributed by atoms with E-state index in [-0.39, 0.29) is 6.10 Å². The molecule has 0 aliphatic heterocycles.